The Kier molecular flexibility index (Phi) is 16.1. The number of carbonyl (C=O) groups is 2. The van der Waals surface area contributed by atoms with Gasteiger partial charge in [-0.3, -0.25) is 9.59 Å². The Bertz CT molecular complexity index is 898. The van der Waals surface area contributed by atoms with Crippen molar-refractivity contribution >= 4 is 23.7 Å². The first kappa shape index (κ1) is 39.5. The van der Waals surface area contributed by atoms with Gasteiger partial charge in [-0.1, -0.05) is 55.0 Å². The van der Waals surface area contributed by atoms with E-state index in [2.05, 4.69) is 26.8 Å². The monoisotopic (exact) mass is 568 g/mol. The first-order valence-electron chi connectivity index (χ1n) is 13.8. The van der Waals surface area contributed by atoms with Crippen molar-refractivity contribution in [3.63, 3.8) is 0 Å². The fourth-order valence-electron chi connectivity index (χ4n) is 4.67. The van der Waals surface area contributed by atoms with Gasteiger partial charge in [-0.25, -0.2) is 0 Å². The lowest BCUT2D eigenvalue weighted by molar-refractivity contribution is -0.181. The Morgan fingerprint density at radius 1 is 0.974 bits per heavy atom. The van der Waals surface area contributed by atoms with Crippen molar-refractivity contribution in [2.75, 3.05) is 5.75 Å². The maximum absolute atomic E-state index is 12.8. The van der Waals surface area contributed by atoms with Gasteiger partial charge in [0.15, 0.2) is 0 Å². The standard InChI is InChI=1S/C19H34O4.C12H18OS.2CH4/c1-9-19(15(21)23-17(5,6)7)12-10-11-18(8,13-19)14(20)22-16(2,3)4;1-4-9(3)10-6-7-11(13)12(8-10)14-5-2;;/h9-13H2,1-8H3;6-9,13H,4-5H2,1-3H3;2*1H4. The molecular weight excluding hydrogens is 508 g/mol. The summed E-state index contributed by atoms with van der Waals surface area (Å²) < 4.78 is 11.3. The van der Waals surface area contributed by atoms with Crippen LogP contribution in [0.25, 0.3) is 0 Å². The second kappa shape index (κ2) is 15.9. The molecule has 1 aromatic rings. The summed E-state index contributed by atoms with van der Waals surface area (Å²) in [5, 5.41) is 9.60. The van der Waals surface area contributed by atoms with E-state index in [0.717, 1.165) is 36.3 Å². The quantitative estimate of drug-likeness (QED) is 0.261. The highest BCUT2D eigenvalue weighted by Gasteiger charge is 2.52. The van der Waals surface area contributed by atoms with Crippen LogP contribution in [-0.2, 0) is 19.1 Å². The summed E-state index contributed by atoms with van der Waals surface area (Å²) in [6.45, 7) is 21.7. The number of hydrogen-bond donors (Lipinski definition) is 1. The van der Waals surface area contributed by atoms with Crippen molar-refractivity contribution in [3.05, 3.63) is 23.8 Å². The Morgan fingerprint density at radius 3 is 1.97 bits per heavy atom. The summed E-state index contributed by atoms with van der Waals surface area (Å²) >= 11 is 1.69. The van der Waals surface area contributed by atoms with Gasteiger partial charge in [0.1, 0.15) is 17.0 Å². The van der Waals surface area contributed by atoms with Crippen LogP contribution in [0.4, 0.5) is 0 Å². The molecule has 0 amide bonds. The van der Waals surface area contributed by atoms with E-state index < -0.39 is 22.0 Å². The van der Waals surface area contributed by atoms with Gasteiger partial charge in [-0.05, 0) is 110 Å². The molecule has 1 N–H and O–H groups in total. The Labute approximate surface area is 245 Å². The number of hydrogen-bond acceptors (Lipinski definition) is 6. The van der Waals surface area contributed by atoms with Crippen molar-refractivity contribution in [1.29, 1.82) is 0 Å². The van der Waals surface area contributed by atoms with Crippen LogP contribution in [0, 0.1) is 10.8 Å². The molecule has 39 heavy (non-hydrogen) atoms. The highest BCUT2D eigenvalue weighted by atomic mass is 32.2. The fourth-order valence-corrected chi connectivity index (χ4v) is 5.41. The molecule has 3 atom stereocenters. The maximum Gasteiger partial charge on any atom is 0.312 e. The van der Waals surface area contributed by atoms with Crippen molar-refractivity contribution < 1.29 is 24.2 Å². The van der Waals surface area contributed by atoms with Crippen LogP contribution in [0.5, 0.6) is 5.75 Å². The smallest absolute Gasteiger partial charge is 0.312 e. The molecule has 0 spiro atoms. The number of rotatable bonds is 7. The summed E-state index contributed by atoms with van der Waals surface area (Å²) in [6, 6.07) is 5.93. The molecule has 5 nitrogen and oxygen atoms in total. The molecule has 0 heterocycles. The van der Waals surface area contributed by atoms with E-state index in [1.807, 2.05) is 61.5 Å². The SMILES string of the molecule is C.C.CCC1(C(=O)OC(C)(C)C)CCCC(C)(C(=O)OC(C)(C)C)C1.CCSc1cc(C(C)CC)ccc1O. The van der Waals surface area contributed by atoms with E-state index in [9.17, 15) is 14.7 Å². The van der Waals surface area contributed by atoms with E-state index in [4.69, 9.17) is 9.47 Å². The van der Waals surface area contributed by atoms with E-state index in [1.54, 1.807) is 17.8 Å². The minimum atomic E-state index is -0.627. The third kappa shape index (κ3) is 12.2. The van der Waals surface area contributed by atoms with Crippen molar-refractivity contribution in [1.82, 2.24) is 0 Å². The Morgan fingerprint density at radius 2 is 1.51 bits per heavy atom. The first-order chi connectivity index (χ1) is 16.9. The largest absolute Gasteiger partial charge is 0.507 e. The van der Waals surface area contributed by atoms with E-state index in [1.165, 1.54) is 5.56 Å². The van der Waals surface area contributed by atoms with Gasteiger partial charge in [0, 0.05) is 4.90 Å². The van der Waals surface area contributed by atoms with Crippen LogP contribution in [0.2, 0.25) is 0 Å². The van der Waals surface area contributed by atoms with Gasteiger partial charge in [-0.2, -0.15) is 0 Å². The number of ether oxygens (including phenoxy) is 2. The molecule has 0 bridgehead atoms. The van der Waals surface area contributed by atoms with Gasteiger partial charge < -0.3 is 14.6 Å². The molecular formula is C33H60O5S. The second-order valence-corrected chi connectivity index (χ2v) is 14.0. The van der Waals surface area contributed by atoms with Crippen LogP contribution in [0.3, 0.4) is 0 Å². The molecule has 1 fully saturated rings. The number of aromatic hydroxyl groups is 1. The van der Waals surface area contributed by atoms with E-state index in [-0.39, 0.29) is 26.8 Å². The van der Waals surface area contributed by atoms with Crippen molar-refractivity contribution in [2.24, 2.45) is 10.8 Å². The molecule has 1 aliphatic carbocycles. The first-order valence-corrected chi connectivity index (χ1v) is 14.8. The van der Waals surface area contributed by atoms with Crippen LogP contribution in [0.1, 0.15) is 141 Å². The molecule has 6 heteroatoms. The van der Waals surface area contributed by atoms with Crippen LogP contribution in [-0.4, -0.2) is 34.0 Å². The molecule has 1 aliphatic rings. The van der Waals surface area contributed by atoms with Gasteiger partial charge in [0.25, 0.3) is 0 Å². The molecule has 1 saturated carbocycles. The predicted octanol–water partition coefficient (Wildman–Crippen LogP) is 9.94. The maximum atomic E-state index is 12.8. The van der Waals surface area contributed by atoms with Crippen LogP contribution in [0.15, 0.2) is 23.1 Å². The zero-order chi connectivity index (χ0) is 28.7. The normalized spacial score (nSPS) is 21.7. The molecule has 3 unspecified atom stereocenters. The van der Waals surface area contributed by atoms with Gasteiger partial charge in [0.2, 0.25) is 0 Å². The lowest BCUT2D eigenvalue weighted by Gasteiger charge is -2.44. The second-order valence-electron chi connectivity index (χ2n) is 12.7. The number of phenols is 1. The molecule has 0 radical (unpaired) electrons. The summed E-state index contributed by atoms with van der Waals surface area (Å²) in [5.41, 5.74) is -0.922. The summed E-state index contributed by atoms with van der Waals surface area (Å²) in [5.74, 6) is 1.60. The highest BCUT2D eigenvalue weighted by Crippen LogP contribution is 2.50. The zero-order valence-corrected chi connectivity index (χ0v) is 26.1. The van der Waals surface area contributed by atoms with Crippen molar-refractivity contribution in [2.45, 2.75) is 152 Å². The number of phenolic OH excluding ortho intramolecular Hbond substituents is 1. The average Bonchev–Trinajstić information content (AvgIpc) is 2.78. The number of benzene rings is 1. The minimum Gasteiger partial charge on any atom is -0.507 e. The lowest BCUT2D eigenvalue weighted by atomic mass is 9.61. The third-order valence-electron chi connectivity index (χ3n) is 6.98. The molecule has 2 rings (SSSR count). The van der Waals surface area contributed by atoms with Crippen LogP contribution < -0.4 is 0 Å². The lowest BCUT2D eigenvalue weighted by Crippen LogP contribution is -2.47. The number of thioether (sulfide) groups is 1. The molecule has 1 aromatic carbocycles. The van der Waals surface area contributed by atoms with E-state index in [0.29, 0.717) is 24.5 Å². The summed E-state index contributed by atoms with van der Waals surface area (Å²) in [6.07, 6.45) is 4.69. The highest BCUT2D eigenvalue weighted by molar-refractivity contribution is 7.99. The Hall–Kier alpha value is -1.69. The van der Waals surface area contributed by atoms with Gasteiger partial charge in [-0.15, -0.1) is 11.8 Å². The minimum absolute atomic E-state index is 0. The molecule has 0 aliphatic heterocycles. The third-order valence-corrected chi connectivity index (χ3v) is 7.90. The summed E-state index contributed by atoms with van der Waals surface area (Å²) in [4.78, 5) is 26.5. The molecule has 0 aromatic heterocycles. The predicted molar refractivity (Wildman–Crippen MR) is 168 cm³/mol. The average molecular weight is 569 g/mol. The van der Waals surface area contributed by atoms with Crippen molar-refractivity contribution in [3.8, 4) is 5.75 Å². The topological polar surface area (TPSA) is 72.8 Å². The zero-order valence-electron chi connectivity index (χ0n) is 25.2. The number of esters is 2. The molecule has 228 valence electrons. The summed E-state index contributed by atoms with van der Waals surface area (Å²) in [7, 11) is 0. The fraction of sp³-hybridized carbons (Fsp3) is 0.758. The van der Waals surface area contributed by atoms with Gasteiger partial charge >= 0.3 is 11.9 Å². The van der Waals surface area contributed by atoms with Gasteiger partial charge in [0.05, 0.1) is 10.8 Å². The van der Waals surface area contributed by atoms with Crippen LogP contribution >= 0.6 is 11.8 Å². The molecule has 0 saturated heterocycles. The number of carbonyl (C=O) groups excluding carboxylic acids is 2. The van der Waals surface area contributed by atoms with E-state index >= 15 is 0 Å². The Balaban J connectivity index is 0.